The second kappa shape index (κ2) is 15.7. The average Bonchev–Trinajstić information content (AvgIpc) is 3.77. The Morgan fingerprint density at radius 1 is 0.578 bits per heavy atom. The number of aryl methyl sites for hydroxylation is 6. The molecular formula is C58H58N4OPt. The van der Waals surface area contributed by atoms with Crippen LogP contribution in [0.4, 0.5) is 0 Å². The Kier molecular flexibility index (Phi) is 10.4. The van der Waals surface area contributed by atoms with E-state index in [0.717, 1.165) is 69.2 Å². The topological polar surface area (TPSA) is 36.4 Å². The number of imidazole rings is 1. The zero-order valence-corrected chi connectivity index (χ0v) is 41.2. The van der Waals surface area contributed by atoms with Gasteiger partial charge in [0.25, 0.3) is 0 Å². The molecule has 4 aliphatic rings. The van der Waals surface area contributed by atoms with Crippen molar-refractivity contribution in [2.45, 2.75) is 106 Å². The van der Waals surface area contributed by atoms with Crippen LogP contribution in [-0.2, 0) is 55.9 Å². The molecule has 5 aromatic carbocycles. The molecule has 5 nitrogen and oxygen atoms in total. The van der Waals surface area contributed by atoms with Crippen molar-refractivity contribution in [1.29, 1.82) is 0 Å². The van der Waals surface area contributed by atoms with E-state index in [1.54, 1.807) is 0 Å². The molecule has 2 aliphatic heterocycles. The van der Waals surface area contributed by atoms with E-state index in [4.69, 9.17) is 9.72 Å². The molecule has 2 aliphatic carbocycles. The summed E-state index contributed by atoms with van der Waals surface area (Å²) in [4.78, 5) is 5.35. The van der Waals surface area contributed by atoms with E-state index in [-0.39, 0.29) is 10.8 Å². The van der Waals surface area contributed by atoms with Gasteiger partial charge in [-0.25, -0.2) is 0 Å². The van der Waals surface area contributed by atoms with E-state index >= 15 is 0 Å². The summed E-state index contributed by atoms with van der Waals surface area (Å²) in [7, 11) is 0. The van der Waals surface area contributed by atoms with Crippen molar-refractivity contribution in [2.24, 2.45) is 0 Å². The molecule has 6 heterocycles. The second-order valence-corrected chi connectivity index (χ2v) is 21.1. The van der Waals surface area contributed by atoms with Gasteiger partial charge in [0.05, 0.1) is 0 Å². The molecular weight excluding hydrogens is 964 g/mol. The Morgan fingerprint density at radius 3 is 1.94 bits per heavy atom. The number of aromatic nitrogens is 4. The summed E-state index contributed by atoms with van der Waals surface area (Å²) in [6.45, 7) is 22.6. The minimum atomic E-state index is 0.00984. The third-order valence-electron chi connectivity index (χ3n) is 13.9. The average molecular weight is 1020 g/mol. The monoisotopic (exact) mass is 1020 g/mol. The minimum absolute atomic E-state index is 0.00984. The summed E-state index contributed by atoms with van der Waals surface area (Å²) in [5.41, 5.74) is 20.4. The Balaban J connectivity index is 1.04. The summed E-state index contributed by atoms with van der Waals surface area (Å²) >= 11 is 2.51. The zero-order valence-electron chi connectivity index (χ0n) is 38.9. The SMILES string of the molecule is Cc1cc(-n2c3ccc(C(C)(C)C)cc3c3ccc(Oc4cccc(-n5cc6c7ccc(n6[c]5=[Pt])CCc5ccc(c(C)c5C)CC7)c4)cc32)nc(C)c1-c1ccc(C(C)(C)C)cc1. The van der Waals surface area contributed by atoms with Crippen LogP contribution in [-0.4, -0.2) is 18.5 Å². The molecule has 0 unspecified atom stereocenters. The molecule has 4 bridgehead atoms. The Hall–Kier alpha value is -5.77. The van der Waals surface area contributed by atoms with E-state index in [1.807, 2.05) is 0 Å². The number of hydrogen-bond acceptors (Lipinski definition) is 2. The van der Waals surface area contributed by atoms with E-state index in [0.29, 0.717) is 0 Å². The van der Waals surface area contributed by atoms with Gasteiger partial charge in [-0.05, 0) is 46.9 Å². The molecule has 13 rings (SSSR count). The van der Waals surface area contributed by atoms with Crippen LogP contribution in [0.25, 0.3) is 50.0 Å². The molecule has 6 heteroatoms. The molecule has 64 heavy (non-hydrogen) atoms. The van der Waals surface area contributed by atoms with Crippen LogP contribution < -0.4 is 4.74 Å². The van der Waals surface area contributed by atoms with Gasteiger partial charge in [0.15, 0.2) is 0 Å². The van der Waals surface area contributed by atoms with Crippen LogP contribution in [0.5, 0.6) is 11.5 Å². The number of nitrogens with zero attached hydrogens (tertiary/aromatic N) is 4. The Bertz CT molecular complexity index is 3360. The van der Waals surface area contributed by atoms with Crippen molar-refractivity contribution in [3.63, 3.8) is 0 Å². The minimum Gasteiger partial charge on any atom is -0.0579 e. The van der Waals surface area contributed by atoms with Crippen molar-refractivity contribution < 1.29 is 24.1 Å². The van der Waals surface area contributed by atoms with Crippen LogP contribution in [0.15, 0.2) is 121 Å². The van der Waals surface area contributed by atoms with Crippen molar-refractivity contribution in [3.05, 3.63) is 181 Å². The van der Waals surface area contributed by atoms with Gasteiger partial charge in [0.1, 0.15) is 0 Å². The molecule has 0 fully saturated rings. The van der Waals surface area contributed by atoms with Gasteiger partial charge in [-0.3, -0.25) is 0 Å². The number of rotatable bonds is 5. The molecule has 0 saturated heterocycles. The predicted octanol–water partition coefficient (Wildman–Crippen LogP) is 14.5. The van der Waals surface area contributed by atoms with Crippen molar-refractivity contribution in [2.75, 3.05) is 0 Å². The fourth-order valence-electron chi connectivity index (χ4n) is 9.97. The fourth-order valence-corrected chi connectivity index (χ4v) is 11.0. The van der Waals surface area contributed by atoms with Crippen LogP contribution in [0.1, 0.15) is 97.4 Å². The van der Waals surface area contributed by atoms with Crippen LogP contribution in [0, 0.1) is 31.5 Å². The van der Waals surface area contributed by atoms with Crippen molar-refractivity contribution >= 4 is 27.3 Å². The second-order valence-electron chi connectivity index (χ2n) is 20.1. The van der Waals surface area contributed by atoms with Crippen LogP contribution in [0.2, 0.25) is 0 Å². The zero-order chi connectivity index (χ0) is 44.8. The molecule has 4 aromatic heterocycles. The molecule has 0 amide bonds. The van der Waals surface area contributed by atoms with Gasteiger partial charge < -0.3 is 0 Å². The number of fused-ring (bicyclic) bond motifs is 3. The molecule has 0 spiro atoms. The molecule has 0 atom stereocenters. The number of benzene rings is 5. The first-order chi connectivity index (χ1) is 30.5. The first-order valence-electron chi connectivity index (χ1n) is 22.8. The molecule has 9 aromatic rings. The number of hydrogen-bond donors (Lipinski definition) is 0. The van der Waals surface area contributed by atoms with Gasteiger partial charge in [-0.15, -0.1) is 0 Å². The number of pyridine rings is 2. The van der Waals surface area contributed by atoms with Gasteiger partial charge in [0, 0.05) is 11.3 Å². The first kappa shape index (κ1) is 42.2. The van der Waals surface area contributed by atoms with Gasteiger partial charge in [0.2, 0.25) is 0 Å². The van der Waals surface area contributed by atoms with Gasteiger partial charge >= 0.3 is 261 Å². The van der Waals surface area contributed by atoms with Crippen LogP contribution >= 0.6 is 0 Å². The Morgan fingerprint density at radius 2 is 1.23 bits per heavy atom. The predicted molar refractivity (Wildman–Crippen MR) is 262 cm³/mol. The van der Waals surface area contributed by atoms with E-state index in [1.165, 1.54) is 77.6 Å². The maximum atomic E-state index is 6.82. The Labute approximate surface area is 388 Å². The normalized spacial score (nSPS) is 13.3. The standard InChI is InChI=1S/C58H58N4O.Pt/c1-36-30-55(59-39(4)56(36)43-18-22-44(23-19-43)57(5,6)7)62-52-29-24-45(58(8,9)10)31-51(52)50-28-27-49(33-53(50)62)63-48-13-11-12-47(32-48)60-34-54-42-17-16-40-14-15-41(38(3)37(40)2)20-25-46(26-21-42)61(54)35-60;/h11-15,18-19,21-24,26-34H,16-17,20,25H2,1-10H3;. The summed E-state index contributed by atoms with van der Waals surface area (Å²) < 4.78 is 15.1. The third-order valence-corrected chi connectivity index (χ3v) is 14.9. The maximum absolute atomic E-state index is 6.82. The fraction of sp³-hybridized carbons (Fsp3) is 0.276. The molecule has 0 radical (unpaired) electrons. The third kappa shape index (κ3) is 7.40. The summed E-state index contributed by atoms with van der Waals surface area (Å²) in [6, 6.07) is 42.6. The summed E-state index contributed by atoms with van der Waals surface area (Å²) in [6.07, 6.45) is 6.35. The van der Waals surface area contributed by atoms with E-state index < -0.39 is 0 Å². The van der Waals surface area contributed by atoms with E-state index in [9.17, 15) is 0 Å². The van der Waals surface area contributed by atoms with Gasteiger partial charge in [-0.1, -0.05) is 71.9 Å². The first-order valence-corrected chi connectivity index (χ1v) is 23.9. The molecule has 0 saturated carbocycles. The quantitative estimate of drug-likeness (QED) is 0.172. The summed E-state index contributed by atoms with van der Waals surface area (Å²) in [5, 5.41) is 2.39. The molecule has 0 N–H and O–H groups in total. The molecule has 326 valence electrons. The van der Waals surface area contributed by atoms with Gasteiger partial charge in [-0.2, -0.15) is 0 Å². The van der Waals surface area contributed by atoms with Crippen molar-refractivity contribution in [3.8, 4) is 34.1 Å². The van der Waals surface area contributed by atoms with Crippen molar-refractivity contribution in [1.82, 2.24) is 18.5 Å². The smallest absolute Gasteiger partial charge is 0.0579 e. The summed E-state index contributed by atoms with van der Waals surface area (Å²) in [5.74, 6) is 2.48. The van der Waals surface area contributed by atoms with E-state index in [2.05, 4.69) is 224 Å². The number of ether oxygens (including phenoxy) is 1. The van der Waals surface area contributed by atoms with Crippen LogP contribution in [0.3, 0.4) is 0 Å².